The Labute approximate surface area is 331 Å². The van der Waals surface area contributed by atoms with Crippen LogP contribution in [0, 0.1) is 0 Å². The van der Waals surface area contributed by atoms with E-state index in [1.54, 1.807) is 0 Å². The number of rotatable bonds is 3. The van der Waals surface area contributed by atoms with Crippen LogP contribution in [0.1, 0.15) is 0 Å². The standard InChI is InChI=1S/C52H30N4S/c1-3-16-31(17-4-1)40-30-41(32-18-5-2-6-19-32)54-52(53-40)56-43-28-13-10-23-37(43)46-50(56)45-39-26-15-25-36-34-21-8-7-20-33(34)35-22-9-12-27-42(35)55(48(36)39)49(45)47-38-24-11-14-29-44(38)57-51(46)47/h1-30H. The first-order chi connectivity index (χ1) is 28.3. The monoisotopic (exact) mass is 742 g/mol. The van der Waals surface area contributed by atoms with Crippen molar-refractivity contribution in [3.8, 4) is 56.4 Å². The number of hydrogen-bond acceptors (Lipinski definition) is 3. The summed E-state index contributed by atoms with van der Waals surface area (Å²) in [6, 6.07) is 65.5. The van der Waals surface area contributed by atoms with E-state index in [9.17, 15) is 0 Å². The van der Waals surface area contributed by atoms with Gasteiger partial charge in [-0.2, -0.15) is 0 Å². The number of nitrogens with zero attached hydrogens (tertiary/aromatic N) is 4. The third kappa shape index (κ3) is 4.21. The Bertz CT molecular complexity index is 3570. The fourth-order valence-corrected chi connectivity index (χ4v) is 10.8. The van der Waals surface area contributed by atoms with E-state index in [-0.39, 0.29) is 0 Å². The van der Waals surface area contributed by atoms with Crippen molar-refractivity contribution in [3.05, 3.63) is 182 Å². The van der Waals surface area contributed by atoms with Crippen molar-refractivity contribution in [2.45, 2.75) is 0 Å². The lowest BCUT2D eigenvalue weighted by Gasteiger charge is -2.14. The molecule has 0 bridgehead atoms. The Morgan fingerprint density at radius 3 is 1.68 bits per heavy atom. The smallest absolute Gasteiger partial charge is 0.235 e. The quantitative estimate of drug-likeness (QED) is 0.181. The molecule has 5 heteroatoms. The number of thiophene rings is 1. The molecule has 4 nitrogen and oxygen atoms in total. The minimum Gasteiger partial charge on any atom is -0.307 e. The molecule has 0 fully saturated rings. The lowest BCUT2D eigenvalue weighted by molar-refractivity contribution is 0.998. The van der Waals surface area contributed by atoms with Crippen LogP contribution in [0.2, 0.25) is 0 Å². The van der Waals surface area contributed by atoms with Gasteiger partial charge in [0.2, 0.25) is 5.95 Å². The van der Waals surface area contributed by atoms with Crippen LogP contribution >= 0.6 is 11.3 Å². The number of benzene rings is 8. The largest absolute Gasteiger partial charge is 0.307 e. The molecule has 0 spiro atoms. The van der Waals surface area contributed by atoms with Crippen LogP contribution in [0.15, 0.2) is 182 Å². The highest BCUT2D eigenvalue weighted by Gasteiger charge is 2.31. The molecule has 5 heterocycles. The van der Waals surface area contributed by atoms with Crippen LogP contribution in [0.25, 0.3) is 120 Å². The maximum absolute atomic E-state index is 5.47. The van der Waals surface area contributed by atoms with Gasteiger partial charge in [-0.05, 0) is 35.4 Å². The highest BCUT2D eigenvalue weighted by molar-refractivity contribution is 7.27. The van der Waals surface area contributed by atoms with E-state index in [0.29, 0.717) is 5.95 Å². The Morgan fingerprint density at radius 1 is 0.386 bits per heavy atom. The predicted molar refractivity (Wildman–Crippen MR) is 239 cm³/mol. The second-order valence-corrected chi connectivity index (χ2v) is 15.9. The molecule has 8 aromatic carbocycles. The summed E-state index contributed by atoms with van der Waals surface area (Å²) in [5, 5.41) is 7.40. The molecule has 12 aromatic rings. The minimum atomic E-state index is 0.651. The molecule has 1 aliphatic rings. The molecular weight excluding hydrogens is 713 g/mol. The topological polar surface area (TPSA) is 35.6 Å². The lowest BCUT2D eigenvalue weighted by Crippen LogP contribution is -2.04. The highest BCUT2D eigenvalue weighted by atomic mass is 32.1. The summed E-state index contributed by atoms with van der Waals surface area (Å²) in [5.41, 5.74) is 14.6. The normalized spacial score (nSPS) is 12.2. The van der Waals surface area contributed by atoms with Crippen LogP contribution in [-0.2, 0) is 0 Å². The average molecular weight is 743 g/mol. The molecule has 0 aliphatic carbocycles. The van der Waals surface area contributed by atoms with E-state index in [1.807, 2.05) is 11.3 Å². The third-order valence-electron chi connectivity index (χ3n) is 11.9. The van der Waals surface area contributed by atoms with Crippen LogP contribution < -0.4 is 0 Å². The first-order valence-electron chi connectivity index (χ1n) is 19.3. The second-order valence-electron chi connectivity index (χ2n) is 14.9. The number of hydrogen-bond donors (Lipinski definition) is 0. The average Bonchev–Trinajstić information content (AvgIpc) is 3.92. The highest BCUT2D eigenvalue weighted by Crippen LogP contribution is 2.54. The van der Waals surface area contributed by atoms with Crippen LogP contribution in [-0.4, -0.2) is 19.1 Å². The third-order valence-corrected chi connectivity index (χ3v) is 13.1. The molecule has 264 valence electrons. The molecule has 0 N–H and O–H groups in total. The van der Waals surface area contributed by atoms with Crippen molar-refractivity contribution < 1.29 is 0 Å². The summed E-state index contributed by atoms with van der Waals surface area (Å²) < 4.78 is 7.48. The molecule has 0 amide bonds. The van der Waals surface area contributed by atoms with Crippen LogP contribution in [0.3, 0.4) is 0 Å². The molecule has 0 saturated carbocycles. The summed E-state index contributed by atoms with van der Waals surface area (Å²) in [5.74, 6) is 0.651. The zero-order valence-electron chi connectivity index (χ0n) is 30.5. The van der Waals surface area contributed by atoms with Crippen molar-refractivity contribution >= 4 is 75.1 Å². The zero-order chi connectivity index (χ0) is 37.2. The van der Waals surface area contributed by atoms with E-state index in [0.717, 1.165) is 33.5 Å². The number of para-hydroxylation sites is 3. The van der Waals surface area contributed by atoms with Crippen LogP contribution in [0.5, 0.6) is 0 Å². The maximum atomic E-state index is 5.47. The Kier molecular flexibility index (Phi) is 6.29. The van der Waals surface area contributed by atoms with Gasteiger partial charge in [-0.1, -0.05) is 158 Å². The van der Waals surface area contributed by atoms with E-state index in [1.165, 1.54) is 80.7 Å². The lowest BCUT2D eigenvalue weighted by atomic mass is 9.93. The summed E-state index contributed by atoms with van der Waals surface area (Å²) in [7, 11) is 0. The first-order valence-corrected chi connectivity index (χ1v) is 20.2. The Morgan fingerprint density at radius 2 is 0.930 bits per heavy atom. The molecular formula is C52H30N4S. The maximum Gasteiger partial charge on any atom is 0.235 e. The molecule has 0 atom stereocenters. The van der Waals surface area contributed by atoms with Gasteiger partial charge in [-0.15, -0.1) is 11.3 Å². The van der Waals surface area contributed by atoms with Gasteiger partial charge in [-0.3, -0.25) is 4.57 Å². The van der Waals surface area contributed by atoms with E-state index in [2.05, 4.69) is 191 Å². The fraction of sp³-hybridized carbons (Fsp3) is 0. The molecule has 0 unspecified atom stereocenters. The van der Waals surface area contributed by atoms with Gasteiger partial charge in [0.25, 0.3) is 0 Å². The Hall–Kier alpha value is -7.34. The Balaban J connectivity index is 1.31. The van der Waals surface area contributed by atoms with Gasteiger partial charge in [0.1, 0.15) is 0 Å². The van der Waals surface area contributed by atoms with Gasteiger partial charge in [0.15, 0.2) is 0 Å². The zero-order valence-corrected chi connectivity index (χ0v) is 31.3. The number of fused-ring (bicyclic) bond motifs is 17. The molecule has 4 aromatic heterocycles. The summed E-state index contributed by atoms with van der Waals surface area (Å²) in [6.45, 7) is 0. The van der Waals surface area contributed by atoms with Gasteiger partial charge in [0.05, 0.1) is 39.1 Å². The fourth-order valence-electron chi connectivity index (χ4n) is 9.54. The van der Waals surface area contributed by atoms with Crippen molar-refractivity contribution in [2.24, 2.45) is 0 Å². The predicted octanol–water partition coefficient (Wildman–Crippen LogP) is 14.0. The molecule has 0 saturated heterocycles. The summed E-state index contributed by atoms with van der Waals surface area (Å²) in [4.78, 5) is 10.9. The summed E-state index contributed by atoms with van der Waals surface area (Å²) in [6.07, 6.45) is 0. The van der Waals surface area contributed by atoms with Gasteiger partial charge < -0.3 is 4.57 Å². The molecule has 0 radical (unpaired) electrons. The van der Waals surface area contributed by atoms with Crippen molar-refractivity contribution in [1.29, 1.82) is 0 Å². The van der Waals surface area contributed by atoms with Gasteiger partial charge >= 0.3 is 0 Å². The van der Waals surface area contributed by atoms with Gasteiger partial charge in [-0.25, -0.2) is 9.97 Å². The molecule has 57 heavy (non-hydrogen) atoms. The molecule has 1 aliphatic heterocycles. The van der Waals surface area contributed by atoms with E-state index in [4.69, 9.17) is 9.97 Å². The van der Waals surface area contributed by atoms with Gasteiger partial charge in [0, 0.05) is 64.0 Å². The SMILES string of the molecule is c1ccc(-c2cc(-c3ccccc3)nc(-n3c4ccccc4c4c5sc6ccccc6c5c5c(c6cccc7c6n5-c5ccccc5-c5ccccc5-7)c43)n2)cc1. The first kappa shape index (κ1) is 30.9. The number of aromatic nitrogens is 4. The summed E-state index contributed by atoms with van der Waals surface area (Å²) >= 11 is 1.89. The van der Waals surface area contributed by atoms with E-state index < -0.39 is 0 Å². The van der Waals surface area contributed by atoms with Crippen molar-refractivity contribution in [2.75, 3.05) is 0 Å². The van der Waals surface area contributed by atoms with Crippen LogP contribution in [0.4, 0.5) is 0 Å². The van der Waals surface area contributed by atoms with Crippen molar-refractivity contribution in [1.82, 2.24) is 19.1 Å². The second kappa shape index (κ2) is 11.6. The minimum absolute atomic E-state index is 0.651. The van der Waals surface area contributed by atoms with E-state index >= 15 is 0 Å². The molecule has 13 rings (SSSR count). The van der Waals surface area contributed by atoms with Crippen molar-refractivity contribution in [3.63, 3.8) is 0 Å².